The lowest BCUT2D eigenvalue weighted by Crippen LogP contribution is -1.95. The van der Waals surface area contributed by atoms with Crippen molar-refractivity contribution in [1.82, 2.24) is 0 Å². The zero-order valence-electron chi connectivity index (χ0n) is 13.8. The van der Waals surface area contributed by atoms with Crippen molar-refractivity contribution in [3.05, 3.63) is 0 Å². The van der Waals surface area contributed by atoms with E-state index in [9.17, 15) is 0 Å². The number of hydrogen-bond acceptors (Lipinski definition) is 1. The molecule has 0 aliphatic rings. The van der Waals surface area contributed by atoms with E-state index in [1.807, 2.05) is 0 Å². The van der Waals surface area contributed by atoms with Crippen molar-refractivity contribution in [2.24, 2.45) is 0 Å². The van der Waals surface area contributed by atoms with Crippen molar-refractivity contribution in [1.29, 1.82) is 0 Å². The molecule has 0 radical (unpaired) electrons. The first-order valence-corrected chi connectivity index (χ1v) is 9.59. The van der Waals surface area contributed by atoms with Gasteiger partial charge in [-0.1, -0.05) is 77.6 Å². The van der Waals surface area contributed by atoms with Crippen LogP contribution in [0.1, 0.15) is 96.8 Å². The fraction of sp³-hybridized carbons (Fsp3) is 1.00. The topological polar surface area (TPSA) is 9.23 Å². The standard InChI is InChI=1S/C18H37ClO/c1-2-17-20-18-15-13-11-9-7-5-3-4-6-8-10-12-14-16-19/h2-18H2,1H3. The molecule has 0 fully saturated rings. The second-order valence-electron chi connectivity index (χ2n) is 5.90. The van der Waals surface area contributed by atoms with Crippen LogP contribution in [-0.2, 0) is 4.74 Å². The van der Waals surface area contributed by atoms with E-state index < -0.39 is 0 Å². The van der Waals surface area contributed by atoms with Crippen LogP contribution in [0.3, 0.4) is 0 Å². The molecule has 0 aliphatic heterocycles. The average molecular weight is 305 g/mol. The maximum atomic E-state index is 5.66. The van der Waals surface area contributed by atoms with E-state index >= 15 is 0 Å². The van der Waals surface area contributed by atoms with Crippen LogP contribution in [0.2, 0.25) is 0 Å². The molecule has 1 nitrogen and oxygen atoms in total. The van der Waals surface area contributed by atoms with Gasteiger partial charge in [-0.05, 0) is 19.3 Å². The Hall–Kier alpha value is 0.250. The Morgan fingerprint density at radius 1 is 0.550 bits per heavy atom. The van der Waals surface area contributed by atoms with Crippen LogP contribution in [0.15, 0.2) is 0 Å². The summed E-state index contributed by atoms with van der Waals surface area (Å²) < 4.78 is 5.48. The largest absolute Gasteiger partial charge is 0.381 e. The highest BCUT2D eigenvalue weighted by molar-refractivity contribution is 6.17. The predicted molar refractivity (Wildman–Crippen MR) is 91.9 cm³/mol. The Balaban J connectivity index is 2.89. The van der Waals surface area contributed by atoms with E-state index in [1.165, 1.54) is 83.5 Å². The highest BCUT2D eigenvalue weighted by Crippen LogP contribution is 2.12. The second-order valence-corrected chi connectivity index (χ2v) is 6.28. The number of halogens is 1. The molecule has 0 spiro atoms. The Bertz CT molecular complexity index is 143. The van der Waals surface area contributed by atoms with Gasteiger partial charge in [-0.15, -0.1) is 11.6 Å². The highest BCUT2D eigenvalue weighted by Gasteiger charge is 1.94. The zero-order valence-corrected chi connectivity index (χ0v) is 14.6. The number of hydrogen-bond donors (Lipinski definition) is 0. The summed E-state index contributed by atoms with van der Waals surface area (Å²) in [6.07, 6.45) is 19.1. The van der Waals surface area contributed by atoms with Gasteiger partial charge in [-0.2, -0.15) is 0 Å². The van der Waals surface area contributed by atoms with Gasteiger partial charge in [0.2, 0.25) is 0 Å². The molecule has 0 saturated carbocycles. The van der Waals surface area contributed by atoms with Crippen LogP contribution >= 0.6 is 11.6 Å². The monoisotopic (exact) mass is 304 g/mol. The highest BCUT2D eigenvalue weighted by atomic mass is 35.5. The smallest absolute Gasteiger partial charge is 0.0466 e. The third kappa shape index (κ3) is 18.2. The van der Waals surface area contributed by atoms with Crippen LogP contribution in [0.25, 0.3) is 0 Å². The maximum absolute atomic E-state index is 5.66. The third-order valence-corrected chi connectivity index (χ3v) is 4.04. The fourth-order valence-corrected chi connectivity index (χ4v) is 2.68. The van der Waals surface area contributed by atoms with Crippen molar-refractivity contribution < 1.29 is 4.74 Å². The van der Waals surface area contributed by atoms with Gasteiger partial charge in [0, 0.05) is 19.1 Å². The molecule has 0 bridgehead atoms. The molecule has 0 N–H and O–H groups in total. The van der Waals surface area contributed by atoms with Gasteiger partial charge in [0.25, 0.3) is 0 Å². The molecular weight excluding hydrogens is 268 g/mol. The lowest BCUT2D eigenvalue weighted by molar-refractivity contribution is 0.130. The SMILES string of the molecule is CCCOCCCCCCCCCCCCCCCCl. The van der Waals surface area contributed by atoms with E-state index in [-0.39, 0.29) is 0 Å². The average Bonchev–Trinajstić information content (AvgIpc) is 2.47. The van der Waals surface area contributed by atoms with Gasteiger partial charge < -0.3 is 4.74 Å². The predicted octanol–water partition coefficient (Wildman–Crippen LogP) is 6.72. The first kappa shape index (κ1) is 20.2. The summed E-state index contributed by atoms with van der Waals surface area (Å²) in [5.41, 5.74) is 0. The van der Waals surface area contributed by atoms with E-state index in [1.54, 1.807) is 0 Å². The van der Waals surface area contributed by atoms with Crippen LogP contribution in [0.5, 0.6) is 0 Å². The molecule has 0 heterocycles. The summed E-state index contributed by atoms with van der Waals surface area (Å²) in [5.74, 6) is 0.838. The Kier molecular flexibility index (Phi) is 19.5. The van der Waals surface area contributed by atoms with Gasteiger partial charge in [0.05, 0.1) is 0 Å². The van der Waals surface area contributed by atoms with Gasteiger partial charge >= 0.3 is 0 Å². The second kappa shape index (κ2) is 19.2. The minimum absolute atomic E-state index is 0.838. The molecule has 0 atom stereocenters. The summed E-state index contributed by atoms with van der Waals surface area (Å²) in [6.45, 7) is 4.07. The van der Waals surface area contributed by atoms with Crippen molar-refractivity contribution in [3.8, 4) is 0 Å². The molecule has 0 unspecified atom stereocenters. The number of ether oxygens (including phenoxy) is 1. The maximum Gasteiger partial charge on any atom is 0.0466 e. The van der Waals surface area contributed by atoms with Gasteiger partial charge in [0.15, 0.2) is 0 Å². The van der Waals surface area contributed by atoms with Crippen molar-refractivity contribution in [2.75, 3.05) is 19.1 Å². The molecular formula is C18H37ClO. The van der Waals surface area contributed by atoms with E-state index in [2.05, 4.69) is 6.92 Å². The van der Waals surface area contributed by atoms with Crippen molar-refractivity contribution in [2.45, 2.75) is 96.8 Å². The molecule has 122 valence electrons. The van der Waals surface area contributed by atoms with Crippen molar-refractivity contribution in [3.63, 3.8) is 0 Å². The molecule has 0 aromatic rings. The Labute approximate surface area is 132 Å². The Morgan fingerprint density at radius 3 is 1.35 bits per heavy atom. The Morgan fingerprint density at radius 2 is 0.950 bits per heavy atom. The molecule has 2 heteroatoms. The molecule has 0 aromatic carbocycles. The molecule has 0 aliphatic carbocycles. The van der Waals surface area contributed by atoms with Crippen molar-refractivity contribution >= 4 is 11.6 Å². The molecule has 0 saturated heterocycles. The molecule has 0 amide bonds. The summed E-state index contributed by atoms with van der Waals surface area (Å²) in [7, 11) is 0. The van der Waals surface area contributed by atoms with Crippen LogP contribution < -0.4 is 0 Å². The van der Waals surface area contributed by atoms with Gasteiger partial charge in [-0.25, -0.2) is 0 Å². The summed E-state index contributed by atoms with van der Waals surface area (Å²) in [4.78, 5) is 0. The van der Waals surface area contributed by atoms with E-state index in [4.69, 9.17) is 16.3 Å². The fourth-order valence-electron chi connectivity index (χ4n) is 2.49. The molecule has 20 heavy (non-hydrogen) atoms. The first-order valence-electron chi connectivity index (χ1n) is 9.05. The number of rotatable bonds is 17. The van der Waals surface area contributed by atoms with Crippen LogP contribution in [-0.4, -0.2) is 19.1 Å². The van der Waals surface area contributed by atoms with Crippen LogP contribution in [0, 0.1) is 0 Å². The molecule has 0 rings (SSSR count). The summed E-state index contributed by atoms with van der Waals surface area (Å²) >= 11 is 5.66. The van der Waals surface area contributed by atoms with Gasteiger partial charge in [0.1, 0.15) is 0 Å². The first-order chi connectivity index (χ1) is 9.91. The lowest BCUT2D eigenvalue weighted by Gasteiger charge is -2.04. The van der Waals surface area contributed by atoms with Crippen LogP contribution in [0.4, 0.5) is 0 Å². The van der Waals surface area contributed by atoms with Gasteiger partial charge in [-0.3, -0.25) is 0 Å². The normalized spacial score (nSPS) is 11.1. The minimum atomic E-state index is 0.838. The summed E-state index contributed by atoms with van der Waals surface area (Å²) in [5, 5.41) is 0. The molecule has 0 aromatic heterocycles. The lowest BCUT2D eigenvalue weighted by atomic mass is 10.0. The van der Waals surface area contributed by atoms with E-state index in [0.29, 0.717) is 0 Å². The quantitative estimate of drug-likeness (QED) is 0.214. The third-order valence-electron chi connectivity index (χ3n) is 3.77. The minimum Gasteiger partial charge on any atom is -0.381 e. The van der Waals surface area contributed by atoms with E-state index in [0.717, 1.165) is 25.5 Å². The summed E-state index contributed by atoms with van der Waals surface area (Å²) in [6, 6.07) is 0. The number of alkyl halides is 1. The zero-order chi connectivity index (χ0) is 14.7. The number of unbranched alkanes of at least 4 members (excludes halogenated alkanes) is 12.